The summed E-state index contributed by atoms with van der Waals surface area (Å²) in [6.07, 6.45) is 13.3. The molecule has 1 heterocycles. The van der Waals surface area contributed by atoms with Crippen molar-refractivity contribution in [3.8, 4) is 0 Å². The molecule has 1 aromatic rings. The van der Waals surface area contributed by atoms with E-state index in [1.54, 1.807) is 0 Å². The standard InChI is InChI=1S/C23H36O3/c1-2-3-4-5-6-7-8-9-13-16-20(24)18-22-21(23(25)26-22)17-19-14-11-10-12-15-19/h10-12,14-15,20-22,24H,2-9,13,16-18H2,1H3/t20-,21+,22+/m0/s1. The van der Waals surface area contributed by atoms with Gasteiger partial charge in [-0.3, -0.25) is 4.79 Å². The molecule has 2 rings (SSSR count). The Labute approximate surface area is 159 Å². The Kier molecular flexibility index (Phi) is 9.76. The first-order chi connectivity index (χ1) is 12.7. The van der Waals surface area contributed by atoms with Crippen LogP contribution in [0.4, 0.5) is 0 Å². The summed E-state index contributed by atoms with van der Waals surface area (Å²) >= 11 is 0. The predicted octanol–water partition coefficient (Wildman–Crippen LogP) is 5.44. The van der Waals surface area contributed by atoms with E-state index in [-0.39, 0.29) is 24.1 Å². The van der Waals surface area contributed by atoms with Crippen molar-refractivity contribution in [1.29, 1.82) is 0 Å². The Morgan fingerprint density at radius 2 is 1.58 bits per heavy atom. The first kappa shape index (κ1) is 21.0. The van der Waals surface area contributed by atoms with Gasteiger partial charge >= 0.3 is 5.97 Å². The fourth-order valence-electron chi connectivity index (χ4n) is 3.77. The number of rotatable bonds is 14. The maximum absolute atomic E-state index is 11.7. The van der Waals surface area contributed by atoms with E-state index in [2.05, 4.69) is 6.92 Å². The molecule has 0 bridgehead atoms. The monoisotopic (exact) mass is 360 g/mol. The van der Waals surface area contributed by atoms with E-state index in [4.69, 9.17) is 4.74 Å². The molecule has 0 aromatic heterocycles. The van der Waals surface area contributed by atoms with Gasteiger partial charge < -0.3 is 9.84 Å². The average molecular weight is 361 g/mol. The third-order valence-electron chi connectivity index (χ3n) is 5.46. The summed E-state index contributed by atoms with van der Waals surface area (Å²) in [6.45, 7) is 2.25. The summed E-state index contributed by atoms with van der Waals surface area (Å²) in [5.41, 5.74) is 1.16. The summed E-state index contributed by atoms with van der Waals surface area (Å²) < 4.78 is 5.29. The predicted molar refractivity (Wildman–Crippen MR) is 106 cm³/mol. The molecule has 1 aromatic carbocycles. The molecule has 1 aliphatic rings. The molecule has 1 fully saturated rings. The second kappa shape index (κ2) is 12.1. The molecule has 1 saturated heterocycles. The minimum atomic E-state index is -0.351. The van der Waals surface area contributed by atoms with Crippen LogP contribution in [-0.2, 0) is 16.0 Å². The Morgan fingerprint density at radius 3 is 2.19 bits per heavy atom. The fourth-order valence-corrected chi connectivity index (χ4v) is 3.77. The summed E-state index contributed by atoms with van der Waals surface area (Å²) in [6, 6.07) is 10.1. The van der Waals surface area contributed by atoms with Gasteiger partial charge in [0.05, 0.1) is 12.0 Å². The Morgan fingerprint density at radius 1 is 0.962 bits per heavy atom. The third-order valence-corrected chi connectivity index (χ3v) is 5.46. The number of aliphatic hydroxyl groups is 1. The molecule has 146 valence electrons. The molecule has 1 aliphatic heterocycles. The second-order valence-electron chi connectivity index (χ2n) is 7.78. The fraction of sp³-hybridized carbons (Fsp3) is 0.696. The second-order valence-corrected chi connectivity index (χ2v) is 7.78. The van der Waals surface area contributed by atoms with Gasteiger partial charge in [-0.2, -0.15) is 0 Å². The zero-order valence-electron chi connectivity index (χ0n) is 16.4. The largest absolute Gasteiger partial charge is 0.461 e. The molecule has 0 spiro atoms. The first-order valence-electron chi connectivity index (χ1n) is 10.6. The molecular weight excluding hydrogens is 324 g/mol. The molecule has 3 heteroatoms. The number of hydrogen-bond acceptors (Lipinski definition) is 3. The number of benzene rings is 1. The number of aliphatic hydroxyl groups excluding tert-OH is 1. The van der Waals surface area contributed by atoms with Gasteiger partial charge in [-0.15, -0.1) is 0 Å². The zero-order chi connectivity index (χ0) is 18.6. The lowest BCUT2D eigenvalue weighted by Crippen LogP contribution is -2.47. The Hall–Kier alpha value is -1.35. The van der Waals surface area contributed by atoms with Crippen molar-refractivity contribution in [3.05, 3.63) is 35.9 Å². The van der Waals surface area contributed by atoms with Crippen LogP contribution in [0.1, 0.15) is 83.1 Å². The lowest BCUT2D eigenvalue weighted by molar-refractivity contribution is -0.187. The van der Waals surface area contributed by atoms with E-state index in [9.17, 15) is 9.90 Å². The van der Waals surface area contributed by atoms with Crippen molar-refractivity contribution in [2.75, 3.05) is 0 Å². The van der Waals surface area contributed by atoms with E-state index in [0.717, 1.165) is 24.8 Å². The average Bonchev–Trinajstić information content (AvgIpc) is 2.65. The van der Waals surface area contributed by atoms with E-state index >= 15 is 0 Å². The van der Waals surface area contributed by atoms with Gasteiger partial charge in [-0.25, -0.2) is 0 Å². The van der Waals surface area contributed by atoms with Crippen molar-refractivity contribution in [2.45, 2.75) is 96.2 Å². The van der Waals surface area contributed by atoms with Gasteiger partial charge in [-0.05, 0) is 18.4 Å². The van der Waals surface area contributed by atoms with Crippen molar-refractivity contribution in [2.24, 2.45) is 5.92 Å². The van der Waals surface area contributed by atoms with E-state index in [1.807, 2.05) is 30.3 Å². The van der Waals surface area contributed by atoms with Gasteiger partial charge in [0.15, 0.2) is 0 Å². The van der Waals surface area contributed by atoms with Crippen LogP contribution in [0.15, 0.2) is 30.3 Å². The minimum absolute atomic E-state index is 0.0878. The highest BCUT2D eigenvalue weighted by Gasteiger charge is 2.42. The number of unbranched alkanes of at least 4 members (excludes halogenated alkanes) is 8. The normalized spacial score (nSPS) is 20.5. The van der Waals surface area contributed by atoms with Crippen LogP contribution in [0.2, 0.25) is 0 Å². The SMILES string of the molecule is CCCCCCCCCCC[C@H](O)C[C@H]1OC(=O)[C@@H]1Cc1ccccc1. The molecule has 0 unspecified atom stereocenters. The number of carbonyl (C=O) groups is 1. The van der Waals surface area contributed by atoms with Crippen molar-refractivity contribution < 1.29 is 14.6 Å². The molecule has 0 radical (unpaired) electrons. The maximum Gasteiger partial charge on any atom is 0.313 e. The molecule has 26 heavy (non-hydrogen) atoms. The maximum atomic E-state index is 11.7. The van der Waals surface area contributed by atoms with Crippen LogP contribution < -0.4 is 0 Å². The van der Waals surface area contributed by atoms with Gasteiger partial charge in [0.1, 0.15) is 6.10 Å². The van der Waals surface area contributed by atoms with E-state index in [0.29, 0.717) is 6.42 Å². The van der Waals surface area contributed by atoms with Gasteiger partial charge in [-0.1, -0.05) is 95.0 Å². The number of ether oxygens (including phenoxy) is 1. The zero-order valence-corrected chi connectivity index (χ0v) is 16.4. The van der Waals surface area contributed by atoms with Crippen LogP contribution in [0.5, 0.6) is 0 Å². The quantitative estimate of drug-likeness (QED) is 0.355. The number of hydrogen-bond donors (Lipinski definition) is 1. The Bertz CT molecular complexity index is 499. The Balaban J connectivity index is 1.53. The van der Waals surface area contributed by atoms with Gasteiger partial charge in [0.2, 0.25) is 0 Å². The lowest BCUT2D eigenvalue weighted by atomic mass is 9.86. The number of carbonyl (C=O) groups excluding carboxylic acids is 1. The minimum Gasteiger partial charge on any atom is -0.461 e. The molecule has 3 atom stereocenters. The van der Waals surface area contributed by atoms with Crippen LogP contribution in [0, 0.1) is 5.92 Å². The topological polar surface area (TPSA) is 46.5 Å². The number of esters is 1. The number of cyclic esters (lactones) is 1. The summed E-state index contributed by atoms with van der Waals surface area (Å²) in [5, 5.41) is 10.3. The van der Waals surface area contributed by atoms with Crippen molar-refractivity contribution in [1.82, 2.24) is 0 Å². The van der Waals surface area contributed by atoms with Crippen LogP contribution in [0.25, 0.3) is 0 Å². The van der Waals surface area contributed by atoms with Crippen LogP contribution >= 0.6 is 0 Å². The molecule has 1 N–H and O–H groups in total. The van der Waals surface area contributed by atoms with Gasteiger partial charge in [0.25, 0.3) is 0 Å². The van der Waals surface area contributed by atoms with Crippen LogP contribution in [0.3, 0.4) is 0 Å². The van der Waals surface area contributed by atoms with Crippen molar-refractivity contribution >= 4 is 5.97 Å². The molecule has 0 amide bonds. The summed E-state index contributed by atoms with van der Waals surface area (Å²) in [5.74, 6) is -0.204. The lowest BCUT2D eigenvalue weighted by Gasteiger charge is -2.36. The van der Waals surface area contributed by atoms with E-state index in [1.165, 1.54) is 51.4 Å². The first-order valence-corrected chi connectivity index (χ1v) is 10.6. The highest BCUT2D eigenvalue weighted by Crippen LogP contribution is 2.30. The third kappa shape index (κ3) is 7.49. The van der Waals surface area contributed by atoms with E-state index < -0.39 is 0 Å². The highest BCUT2D eigenvalue weighted by atomic mass is 16.6. The summed E-state index contributed by atoms with van der Waals surface area (Å²) in [7, 11) is 0. The molecule has 0 aliphatic carbocycles. The van der Waals surface area contributed by atoms with Gasteiger partial charge in [0, 0.05) is 6.42 Å². The van der Waals surface area contributed by atoms with Crippen molar-refractivity contribution in [3.63, 3.8) is 0 Å². The molecular formula is C23H36O3. The molecule has 3 nitrogen and oxygen atoms in total. The highest BCUT2D eigenvalue weighted by molar-refractivity contribution is 5.78. The summed E-state index contributed by atoms with van der Waals surface area (Å²) in [4.78, 5) is 11.7. The molecule has 0 saturated carbocycles. The smallest absolute Gasteiger partial charge is 0.313 e. The van der Waals surface area contributed by atoms with Crippen LogP contribution in [-0.4, -0.2) is 23.3 Å².